The number of pyridine rings is 1. The average molecular weight is 293 g/mol. The number of hydrogen-bond acceptors (Lipinski definition) is 4. The number of nitriles is 1. The molecule has 4 nitrogen and oxygen atoms in total. The Morgan fingerprint density at radius 1 is 1.24 bits per heavy atom. The van der Waals surface area contributed by atoms with Crippen LogP contribution in [0.1, 0.15) is 11.3 Å². The number of hydrogen-bond donors (Lipinski definition) is 1. The molecule has 0 saturated heterocycles. The van der Waals surface area contributed by atoms with E-state index in [1.54, 1.807) is 30.3 Å². The van der Waals surface area contributed by atoms with Gasteiger partial charge in [0.05, 0.1) is 12.7 Å². The van der Waals surface area contributed by atoms with Crippen LogP contribution in [-0.2, 0) is 6.18 Å². The topological polar surface area (TPSA) is 57.9 Å². The molecule has 21 heavy (non-hydrogen) atoms. The molecule has 0 unspecified atom stereocenters. The van der Waals surface area contributed by atoms with Crippen LogP contribution in [0.3, 0.4) is 0 Å². The fourth-order valence-corrected chi connectivity index (χ4v) is 1.64. The molecule has 0 atom stereocenters. The summed E-state index contributed by atoms with van der Waals surface area (Å²) in [5.74, 6) is 0.381. The molecule has 0 aliphatic carbocycles. The minimum atomic E-state index is -4.57. The van der Waals surface area contributed by atoms with E-state index < -0.39 is 11.9 Å². The van der Waals surface area contributed by atoms with Crippen LogP contribution in [-0.4, -0.2) is 12.1 Å². The zero-order valence-corrected chi connectivity index (χ0v) is 10.9. The Morgan fingerprint density at radius 2 is 2.00 bits per heavy atom. The zero-order chi connectivity index (χ0) is 15.5. The van der Waals surface area contributed by atoms with Gasteiger partial charge in [0.1, 0.15) is 23.3 Å². The minimum absolute atomic E-state index is 0.0193. The van der Waals surface area contributed by atoms with Crippen molar-refractivity contribution >= 4 is 11.5 Å². The molecule has 2 rings (SSSR count). The molecule has 108 valence electrons. The summed E-state index contributed by atoms with van der Waals surface area (Å²) in [6.07, 6.45) is -4.57. The lowest BCUT2D eigenvalue weighted by molar-refractivity contribution is -0.141. The number of nitrogens with one attached hydrogen (secondary N) is 1. The van der Waals surface area contributed by atoms with E-state index in [1.807, 2.05) is 0 Å². The zero-order valence-electron chi connectivity index (χ0n) is 10.9. The highest BCUT2D eigenvalue weighted by Gasteiger charge is 2.33. The standard InChI is InChI=1S/C14H10F3N3O/c1-21-11-4-2-3-10(7-11)19-13-9(8-18)5-6-12(20-13)14(15,16)17/h2-7H,1H3,(H,19,20). The number of ether oxygens (including phenoxy) is 1. The third kappa shape index (κ3) is 3.42. The van der Waals surface area contributed by atoms with E-state index >= 15 is 0 Å². The maximum Gasteiger partial charge on any atom is 0.433 e. The molecule has 0 amide bonds. The van der Waals surface area contributed by atoms with Gasteiger partial charge in [-0.2, -0.15) is 18.4 Å². The highest BCUT2D eigenvalue weighted by Crippen LogP contribution is 2.30. The number of alkyl halides is 3. The van der Waals surface area contributed by atoms with Crippen LogP contribution in [0.5, 0.6) is 5.75 Å². The number of nitrogens with zero attached hydrogens (tertiary/aromatic N) is 2. The van der Waals surface area contributed by atoms with Crippen molar-refractivity contribution in [2.45, 2.75) is 6.18 Å². The van der Waals surface area contributed by atoms with Gasteiger partial charge in [-0.05, 0) is 24.3 Å². The van der Waals surface area contributed by atoms with Gasteiger partial charge in [-0.25, -0.2) is 4.98 Å². The van der Waals surface area contributed by atoms with Crippen LogP contribution in [0, 0.1) is 11.3 Å². The second-order valence-electron chi connectivity index (χ2n) is 4.06. The van der Waals surface area contributed by atoms with E-state index in [-0.39, 0.29) is 11.4 Å². The fourth-order valence-electron chi connectivity index (χ4n) is 1.64. The Hall–Kier alpha value is -2.75. The summed E-state index contributed by atoms with van der Waals surface area (Å²) in [6, 6.07) is 10.2. The fraction of sp³-hybridized carbons (Fsp3) is 0.143. The summed E-state index contributed by atoms with van der Waals surface area (Å²) < 4.78 is 43.0. The number of methoxy groups -OCH3 is 1. The van der Waals surface area contributed by atoms with Gasteiger partial charge in [0.25, 0.3) is 0 Å². The first kappa shape index (κ1) is 14.7. The summed E-state index contributed by atoms with van der Waals surface area (Å²) in [5.41, 5.74) is -0.574. The van der Waals surface area contributed by atoms with Crippen molar-refractivity contribution in [1.29, 1.82) is 5.26 Å². The second-order valence-corrected chi connectivity index (χ2v) is 4.06. The van der Waals surface area contributed by atoms with Gasteiger partial charge in [-0.3, -0.25) is 0 Å². The van der Waals surface area contributed by atoms with Crippen molar-refractivity contribution in [2.75, 3.05) is 12.4 Å². The quantitative estimate of drug-likeness (QED) is 0.937. The van der Waals surface area contributed by atoms with Crippen molar-refractivity contribution in [2.24, 2.45) is 0 Å². The highest BCUT2D eigenvalue weighted by atomic mass is 19.4. The summed E-state index contributed by atoms with van der Waals surface area (Å²) in [5, 5.41) is 11.7. The smallest absolute Gasteiger partial charge is 0.433 e. The van der Waals surface area contributed by atoms with Crippen molar-refractivity contribution in [3.8, 4) is 11.8 Å². The molecule has 0 aliphatic rings. The molecule has 1 N–H and O–H groups in total. The molecule has 0 fully saturated rings. The number of anilines is 2. The van der Waals surface area contributed by atoms with Crippen molar-refractivity contribution < 1.29 is 17.9 Å². The molecule has 2 aromatic rings. The summed E-state index contributed by atoms with van der Waals surface area (Å²) in [4.78, 5) is 3.47. The van der Waals surface area contributed by atoms with E-state index in [2.05, 4.69) is 10.3 Å². The molecule has 0 saturated carbocycles. The van der Waals surface area contributed by atoms with Gasteiger partial charge in [-0.15, -0.1) is 0 Å². The Labute approximate surface area is 118 Å². The Morgan fingerprint density at radius 3 is 2.62 bits per heavy atom. The van der Waals surface area contributed by atoms with E-state index in [0.29, 0.717) is 11.4 Å². The maximum absolute atomic E-state index is 12.7. The molecule has 0 radical (unpaired) electrons. The number of halogens is 3. The third-order valence-corrected chi connectivity index (χ3v) is 2.64. The highest BCUT2D eigenvalue weighted by molar-refractivity contribution is 5.64. The summed E-state index contributed by atoms with van der Waals surface area (Å²) >= 11 is 0. The molecule has 0 bridgehead atoms. The van der Waals surface area contributed by atoms with Gasteiger partial charge >= 0.3 is 6.18 Å². The number of benzene rings is 1. The normalized spacial score (nSPS) is 10.8. The largest absolute Gasteiger partial charge is 0.497 e. The molecule has 7 heteroatoms. The van der Waals surface area contributed by atoms with Crippen LogP contribution in [0.15, 0.2) is 36.4 Å². The first-order valence-electron chi connectivity index (χ1n) is 5.83. The Balaban J connectivity index is 2.40. The molecule has 0 spiro atoms. The van der Waals surface area contributed by atoms with E-state index in [1.165, 1.54) is 7.11 Å². The van der Waals surface area contributed by atoms with Gasteiger partial charge in [0.2, 0.25) is 0 Å². The predicted octanol–water partition coefficient (Wildman–Crippen LogP) is 3.72. The average Bonchev–Trinajstić information content (AvgIpc) is 2.46. The van der Waals surface area contributed by atoms with Gasteiger partial charge < -0.3 is 10.1 Å². The van der Waals surface area contributed by atoms with Crippen molar-refractivity contribution in [3.05, 3.63) is 47.7 Å². The monoisotopic (exact) mass is 293 g/mol. The van der Waals surface area contributed by atoms with Crippen LogP contribution in [0.4, 0.5) is 24.7 Å². The third-order valence-electron chi connectivity index (χ3n) is 2.64. The predicted molar refractivity (Wildman–Crippen MR) is 70.2 cm³/mol. The first-order valence-corrected chi connectivity index (χ1v) is 5.83. The Kier molecular flexibility index (Phi) is 3.98. The van der Waals surface area contributed by atoms with E-state index in [9.17, 15) is 13.2 Å². The van der Waals surface area contributed by atoms with Gasteiger partial charge in [0.15, 0.2) is 0 Å². The molecule has 1 heterocycles. The van der Waals surface area contributed by atoms with Crippen molar-refractivity contribution in [3.63, 3.8) is 0 Å². The molecule has 1 aromatic carbocycles. The van der Waals surface area contributed by atoms with Crippen LogP contribution < -0.4 is 10.1 Å². The molecular formula is C14H10F3N3O. The maximum atomic E-state index is 12.7. The summed E-state index contributed by atoms with van der Waals surface area (Å²) in [7, 11) is 1.47. The molecule has 0 aliphatic heterocycles. The van der Waals surface area contributed by atoms with E-state index in [4.69, 9.17) is 10.00 Å². The van der Waals surface area contributed by atoms with Gasteiger partial charge in [-0.1, -0.05) is 6.07 Å². The first-order chi connectivity index (χ1) is 9.94. The Bertz CT molecular complexity index is 693. The lowest BCUT2D eigenvalue weighted by Crippen LogP contribution is -2.10. The molecular weight excluding hydrogens is 283 g/mol. The SMILES string of the molecule is COc1cccc(Nc2nc(C(F)(F)F)ccc2C#N)c1. The van der Waals surface area contributed by atoms with Crippen LogP contribution in [0.25, 0.3) is 0 Å². The van der Waals surface area contributed by atoms with Crippen LogP contribution in [0.2, 0.25) is 0 Å². The molecule has 1 aromatic heterocycles. The second kappa shape index (κ2) is 5.71. The summed E-state index contributed by atoms with van der Waals surface area (Å²) in [6.45, 7) is 0. The number of aromatic nitrogens is 1. The lowest BCUT2D eigenvalue weighted by atomic mass is 10.2. The lowest BCUT2D eigenvalue weighted by Gasteiger charge is -2.11. The van der Waals surface area contributed by atoms with Gasteiger partial charge in [0, 0.05) is 11.8 Å². The van der Waals surface area contributed by atoms with Crippen LogP contribution >= 0.6 is 0 Å². The number of rotatable bonds is 3. The minimum Gasteiger partial charge on any atom is -0.497 e. The van der Waals surface area contributed by atoms with Crippen molar-refractivity contribution in [1.82, 2.24) is 4.98 Å². The van der Waals surface area contributed by atoms with E-state index in [0.717, 1.165) is 12.1 Å².